The molecule has 2 rings (SSSR count). The van der Waals surface area contributed by atoms with Gasteiger partial charge in [0.05, 0.1) is 5.25 Å². The van der Waals surface area contributed by atoms with Gasteiger partial charge in [-0.1, -0.05) is 19.4 Å². The first-order valence-electron chi connectivity index (χ1n) is 7.84. The van der Waals surface area contributed by atoms with E-state index in [1.165, 1.54) is 11.8 Å². The quantitative estimate of drug-likeness (QED) is 0.877. The second-order valence-corrected chi connectivity index (χ2v) is 8.42. The summed E-state index contributed by atoms with van der Waals surface area (Å²) in [6.45, 7) is 3.09. The number of aromatic nitrogens is 1. The van der Waals surface area contributed by atoms with Crippen LogP contribution in [-0.2, 0) is 9.84 Å². The number of hydrogen-bond acceptors (Lipinski definition) is 4. The summed E-state index contributed by atoms with van der Waals surface area (Å²) >= 11 is 0. The van der Waals surface area contributed by atoms with Crippen molar-refractivity contribution in [3.63, 3.8) is 0 Å². The monoisotopic (exact) mass is 310 g/mol. The van der Waals surface area contributed by atoms with E-state index < -0.39 is 9.84 Å². The number of rotatable bonds is 6. The summed E-state index contributed by atoms with van der Waals surface area (Å²) in [5, 5.41) is 3.41. The molecule has 0 aromatic carbocycles. The van der Waals surface area contributed by atoms with Crippen molar-refractivity contribution in [3.8, 4) is 0 Å². The highest BCUT2D eigenvalue weighted by Crippen LogP contribution is 2.36. The molecule has 3 atom stereocenters. The molecule has 118 valence electrons. The molecule has 3 unspecified atom stereocenters. The van der Waals surface area contributed by atoms with E-state index in [1.54, 1.807) is 6.20 Å². The van der Waals surface area contributed by atoms with Crippen LogP contribution in [0.15, 0.2) is 24.5 Å². The average Bonchev–Trinajstić information content (AvgIpc) is 2.48. The lowest BCUT2D eigenvalue weighted by atomic mass is 9.81. The second-order valence-electron chi connectivity index (χ2n) is 6.10. The molecule has 0 spiro atoms. The van der Waals surface area contributed by atoms with Crippen LogP contribution in [0.25, 0.3) is 0 Å². The van der Waals surface area contributed by atoms with E-state index in [0.717, 1.165) is 38.6 Å². The molecule has 1 N–H and O–H groups in total. The van der Waals surface area contributed by atoms with E-state index in [1.807, 2.05) is 12.3 Å². The largest absolute Gasteiger partial charge is 0.310 e. The minimum atomic E-state index is -2.94. The second kappa shape index (κ2) is 7.36. The lowest BCUT2D eigenvalue weighted by Gasteiger charge is -2.34. The summed E-state index contributed by atoms with van der Waals surface area (Å²) in [4.78, 5) is 4.22. The lowest BCUT2D eigenvalue weighted by Crippen LogP contribution is -2.36. The molecule has 0 radical (unpaired) electrons. The Hall–Kier alpha value is -0.940. The third-order valence-corrected chi connectivity index (χ3v) is 6.04. The molecule has 1 aliphatic rings. The van der Waals surface area contributed by atoms with Crippen molar-refractivity contribution >= 4 is 9.84 Å². The predicted molar refractivity (Wildman–Crippen MR) is 85.9 cm³/mol. The Labute approximate surface area is 128 Å². The van der Waals surface area contributed by atoms with Gasteiger partial charge < -0.3 is 5.32 Å². The van der Waals surface area contributed by atoms with Crippen molar-refractivity contribution in [1.29, 1.82) is 0 Å². The fourth-order valence-electron chi connectivity index (χ4n) is 3.29. The molecule has 5 heteroatoms. The van der Waals surface area contributed by atoms with Gasteiger partial charge in [-0.15, -0.1) is 0 Å². The summed E-state index contributed by atoms with van der Waals surface area (Å²) in [5.41, 5.74) is 1.17. The van der Waals surface area contributed by atoms with Crippen LogP contribution in [0.1, 0.15) is 50.6 Å². The van der Waals surface area contributed by atoms with E-state index in [4.69, 9.17) is 0 Å². The summed E-state index contributed by atoms with van der Waals surface area (Å²) in [7, 11) is -2.94. The van der Waals surface area contributed by atoms with Crippen molar-refractivity contribution in [3.05, 3.63) is 30.1 Å². The van der Waals surface area contributed by atoms with E-state index in [2.05, 4.69) is 23.3 Å². The summed E-state index contributed by atoms with van der Waals surface area (Å²) < 4.78 is 23.7. The van der Waals surface area contributed by atoms with Gasteiger partial charge in [-0.05, 0) is 49.8 Å². The van der Waals surface area contributed by atoms with E-state index in [-0.39, 0.29) is 11.3 Å². The van der Waals surface area contributed by atoms with Crippen LogP contribution >= 0.6 is 0 Å². The molecule has 1 aromatic rings. The average molecular weight is 310 g/mol. The van der Waals surface area contributed by atoms with Gasteiger partial charge >= 0.3 is 0 Å². The Balaban J connectivity index is 2.16. The molecule has 1 heterocycles. The van der Waals surface area contributed by atoms with Crippen molar-refractivity contribution in [2.75, 3.05) is 12.8 Å². The Morgan fingerprint density at radius 2 is 2.24 bits per heavy atom. The molecule has 1 aromatic heterocycles. The minimum absolute atomic E-state index is 0.182. The van der Waals surface area contributed by atoms with Gasteiger partial charge in [0.2, 0.25) is 0 Å². The lowest BCUT2D eigenvalue weighted by molar-refractivity contribution is 0.272. The molecule has 0 amide bonds. The van der Waals surface area contributed by atoms with Crippen LogP contribution in [0.4, 0.5) is 0 Å². The molecule has 0 saturated heterocycles. The molecule has 0 aliphatic heterocycles. The molecule has 4 nitrogen and oxygen atoms in total. The van der Waals surface area contributed by atoms with Gasteiger partial charge in [-0.25, -0.2) is 8.42 Å². The molecule has 1 saturated carbocycles. The van der Waals surface area contributed by atoms with Crippen molar-refractivity contribution in [1.82, 2.24) is 10.3 Å². The number of nitrogens with zero attached hydrogens (tertiary/aromatic N) is 1. The maximum atomic E-state index is 11.9. The highest BCUT2D eigenvalue weighted by molar-refractivity contribution is 7.91. The third-order valence-electron chi connectivity index (χ3n) is 4.40. The molecular weight excluding hydrogens is 284 g/mol. The van der Waals surface area contributed by atoms with Gasteiger partial charge in [0, 0.05) is 24.7 Å². The maximum absolute atomic E-state index is 11.9. The van der Waals surface area contributed by atoms with Gasteiger partial charge in [0.1, 0.15) is 9.84 Å². The number of nitrogens with one attached hydrogen (secondary N) is 1. The molecule has 0 bridgehead atoms. The number of hydrogen-bond donors (Lipinski definition) is 1. The fourth-order valence-corrected chi connectivity index (χ4v) is 4.48. The van der Waals surface area contributed by atoms with Crippen LogP contribution in [-0.4, -0.2) is 31.5 Å². The Kier molecular flexibility index (Phi) is 5.76. The molecule has 21 heavy (non-hydrogen) atoms. The first-order valence-corrected chi connectivity index (χ1v) is 9.80. The zero-order valence-corrected chi connectivity index (χ0v) is 13.8. The zero-order valence-electron chi connectivity index (χ0n) is 13.0. The predicted octanol–water partition coefficient (Wildman–Crippen LogP) is 2.73. The van der Waals surface area contributed by atoms with Crippen LogP contribution < -0.4 is 5.32 Å². The van der Waals surface area contributed by atoms with E-state index >= 15 is 0 Å². The van der Waals surface area contributed by atoms with Gasteiger partial charge in [0.25, 0.3) is 0 Å². The fraction of sp³-hybridized carbons (Fsp3) is 0.688. The Bertz CT molecular complexity index is 530. The zero-order chi connectivity index (χ0) is 15.3. The number of sulfone groups is 1. The van der Waals surface area contributed by atoms with Crippen molar-refractivity contribution in [2.24, 2.45) is 5.92 Å². The standard InChI is InChI=1S/C16H26N2O2S/c1-3-9-18-16(14-7-5-10-17-12-14)13-6-4-8-15(11-13)21(2,19)20/h5,7,10,12-13,15-16,18H,3-4,6,8-9,11H2,1-2H3. The van der Waals surface area contributed by atoms with Gasteiger partial charge in [0.15, 0.2) is 0 Å². The van der Waals surface area contributed by atoms with E-state index in [0.29, 0.717) is 5.92 Å². The van der Waals surface area contributed by atoms with Crippen LogP contribution in [0.3, 0.4) is 0 Å². The van der Waals surface area contributed by atoms with Crippen LogP contribution in [0.2, 0.25) is 0 Å². The highest BCUT2D eigenvalue weighted by atomic mass is 32.2. The molecule has 1 fully saturated rings. The normalized spacial score (nSPS) is 24.7. The third kappa shape index (κ3) is 4.51. The van der Waals surface area contributed by atoms with Crippen molar-refractivity contribution < 1.29 is 8.42 Å². The van der Waals surface area contributed by atoms with E-state index in [9.17, 15) is 8.42 Å². The maximum Gasteiger partial charge on any atom is 0.150 e. The Morgan fingerprint density at radius 3 is 2.86 bits per heavy atom. The van der Waals surface area contributed by atoms with Crippen LogP contribution in [0.5, 0.6) is 0 Å². The minimum Gasteiger partial charge on any atom is -0.310 e. The summed E-state index contributed by atoms with van der Waals surface area (Å²) in [5.74, 6) is 0.370. The van der Waals surface area contributed by atoms with Crippen molar-refractivity contribution in [2.45, 2.75) is 50.3 Å². The smallest absolute Gasteiger partial charge is 0.150 e. The first-order chi connectivity index (χ1) is 10.0. The number of pyridine rings is 1. The summed E-state index contributed by atoms with van der Waals surface area (Å²) in [6, 6.07) is 4.25. The van der Waals surface area contributed by atoms with Gasteiger partial charge in [-0.2, -0.15) is 0 Å². The molecular formula is C16H26N2O2S. The topological polar surface area (TPSA) is 59.1 Å². The van der Waals surface area contributed by atoms with Gasteiger partial charge in [-0.3, -0.25) is 4.98 Å². The summed E-state index contributed by atoms with van der Waals surface area (Å²) in [6.07, 6.45) is 9.77. The highest BCUT2D eigenvalue weighted by Gasteiger charge is 2.33. The Morgan fingerprint density at radius 1 is 1.43 bits per heavy atom. The molecule has 1 aliphatic carbocycles. The SMILES string of the molecule is CCCNC(c1cccnc1)C1CCCC(S(C)(=O)=O)C1. The first kappa shape index (κ1) is 16.4. The van der Waals surface area contributed by atoms with Crippen LogP contribution in [0, 0.1) is 5.92 Å².